The van der Waals surface area contributed by atoms with Crippen LogP contribution in [-0.2, 0) is 20.7 Å². The van der Waals surface area contributed by atoms with Gasteiger partial charge in [-0.05, 0) is 30.0 Å². The van der Waals surface area contributed by atoms with Crippen molar-refractivity contribution in [2.45, 2.75) is 26.2 Å². The molecule has 1 amide bonds. The van der Waals surface area contributed by atoms with E-state index in [0.717, 1.165) is 34.9 Å². The van der Waals surface area contributed by atoms with Crippen molar-refractivity contribution in [2.24, 2.45) is 5.73 Å². The summed E-state index contributed by atoms with van der Waals surface area (Å²) >= 11 is 1.15. The van der Waals surface area contributed by atoms with Gasteiger partial charge in [0.25, 0.3) is 0 Å². The van der Waals surface area contributed by atoms with Gasteiger partial charge in [-0.15, -0.1) is 0 Å². The number of nitriles is 1. The molecule has 0 spiro atoms. The first-order valence-electron chi connectivity index (χ1n) is 10.4. The number of esters is 1. The second kappa shape index (κ2) is 10.7. The molecular formula is C25H25N3O3S. The van der Waals surface area contributed by atoms with Gasteiger partial charge in [0, 0.05) is 0 Å². The fourth-order valence-electron chi connectivity index (χ4n) is 3.58. The number of benzene rings is 2. The summed E-state index contributed by atoms with van der Waals surface area (Å²) in [5.74, 6) is -1.62. The summed E-state index contributed by atoms with van der Waals surface area (Å²) in [5, 5.41) is 13.8. The second-order valence-electron chi connectivity index (χ2n) is 7.14. The SMILES string of the molecule is CCOC(=O)C1=C(c2ccccc2)NC(SCC(N)=O)=C(C#N)[C@H]1c1ccc(CC)cc1. The number of hydrogen-bond acceptors (Lipinski definition) is 6. The van der Waals surface area contributed by atoms with Gasteiger partial charge in [0.2, 0.25) is 5.91 Å². The maximum Gasteiger partial charge on any atom is 0.337 e. The van der Waals surface area contributed by atoms with Crippen molar-refractivity contribution in [2.75, 3.05) is 12.4 Å². The van der Waals surface area contributed by atoms with Crippen LogP contribution in [0.25, 0.3) is 5.70 Å². The van der Waals surface area contributed by atoms with Crippen LogP contribution in [0.5, 0.6) is 0 Å². The Balaban J connectivity index is 2.26. The molecule has 0 bridgehead atoms. The van der Waals surface area contributed by atoms with Gasteiger partial charge in [0.15, 0.2) is 0 Å². The lowest BCUT2D eigenvalue weighted by Gasteiger charge is -2.30. The number of primary amides is 1. The summed E-state index contributed by atoms with van der Waals surface area (Å²) in [4.78, 5) is 24.6. The van der Waals surface area contributed by atoms with Crippen LogP contribution in [0.1, 0.15) is 36.5 Å². The van der Waals surface area contributed by atoms with E-state index in [1.54, 1.807) is 6.92 Å². The molecule has 164 valence electrons. The van der Waals surface area contributed by atoms with Gasteiger partial charge < -0.3 is 15.8 Å². The molecule has 0 saturated heterocycles. The Morgan fingerprint density at radius 2 is 1.81 bits per heavy atom. The summed E-state index contributed by atoms with van der Waals surface area (Å²) in [7, 11) is 0. The number of nitrogens with one attached hydrogen (secondary N) is 1. The molecule has 0 radical (unpaired) electrons. The molecule has 3 rings (SSSR count). The van der Waals surface area contributed by atoms with Crippen molar-refractivity contribution in [1.82, 2.24) is 5.32 Å². The molecule has 0 saturated carbocycles. The highest BCUT2D eigenvalue weighted by Crippen LogP contribution is 2.43. The number of aryl methyl sites for hydroxylation is 1. The highest BCUT2D eigenvalue weighted by Gasteiger charge is 2.37. The zero-order valence-corrected chi connectivity index (χ0v) is 18.9. The maximum atomic E-state index is 13.2. The van der Waals surface area contributed by atoms with Crippen LogP contribution in [0.4, 0.5) is 0 Å². The Labute approximate surface area is 192 Å². The molecule has 1 heterocycles. The summed E-state index contributed by atoms with van der Waals surface area (Å²) in [5.41, 5.74) is 9.35. The van der Waals surface area contributed by atoms with Gasteiger partial charge >= 0.3 is 5.97 Å². The average molecular weight is 448 g/mol. The molecule has 1 aliphatic heterocycles. The Kier molecular flexibility index (Phi) is 7.74. The van der Waals surface area contributed by atoms with Gasteiger partial charge in [-0.3, -0.25) is 4.79 Å². The first kappa shape index (κ1) is 23.2. The second-order valence-corrected chi connectivity index (χ2v) is 8.12. The molecule has 2 aromatic rings. The molecule has 32 heavy (non-hydrogen) atoms. The van der Waals surface area contributed by atoms with Gasteiger partial charge in [-0.1, -0.05) is 73.3 Å². The van der Waals surface area contributed by atoms with E-state index in [1.165, 1.54) is 0 Å². The number of dihydropyridines is 1. The van der Waals surface area contributed by atoms with Crippen LogP contribution in [0.15, 0.2) is 70.8 Å². The lowest BCUT2D eigenvalue weighted by Crippen LogP contribution is -2.29. The molecule has 0 fully saturated rings. The predicted molar refractivity (Wildman–Crippen MR) is 126 cm³/mol. The Bertz CT molecular complexity index is 1100. The maximum absolute atomic E-state index is 13.2. The summed E-state index contributed by atoms with van der Waals surface area (Å²) in [6, 6.07) is 19.5. The Morgan fingerprint density at radius 3 is 2.38 bits per heavy atom. The minimum atomic E-state index is -0.642. The van der Waals surface area contributed by atoms with Gasteiger partial charge in [0.05, 0.1) is 46.2 Å². The number of hydrogen-bond donors (Lipinski definition) is 2. The molecule has 0 aliphatic carbocycles. The molecule has 7 heteroatoms. The van der Waals surface area contributed by atoms with E-state index in [9.17, 15) is 14.9 Å². The molecule has 6 nitrogen and oxygen atoms in total. The van der Waals surface area contributed by atoms with E-state index in [-0.39, 0.29) is 12.4 Å². The number of ether oxygens (including phenoxy) is 1. The summed E-state index contributed by atoms with van der Waals surface area (Å²) < 4.78 is 5.41. The standard InChI is InChI=1S/C25H25N3O3S/c1-3-16-10-12-17(13-11-16)21-19(14-26)24(32-15-20(27)29)28-23(18-8-6-5-7-9-18)22(21)25(30)31-4-2/h5-13,21,28H,3-4,15H2,1-2H3,(H2,27,29)/t21-/m1/s1. The first-order chi connectivity index (χ1) is 15.5. The number of nitrogens with two attached hydrogens (primary N) is 1. The summed E-state index contributed by atoms with van der Waals surface area (Å²) in [6.45, 7) is 4.02. The number of amides is 1. The van der Waals surface area contributed by atoms with Crippen LogP contribution in [0.2, 0.25) is 0 Å². The number of carbonyl (C=O) groups excluding carboxylic acids is 2. The van der Waals surface area contributed by atoms with E-state index in [0.29, 0.717) is 21.9 Å². The monoisotopic (exact) mass is 447 g/mol. The number of allylic oxidation sites excluding steroid dienone is 1. The topological polar surface area (TPSA) is 105 Å². The number of carbonyl (C=O) groups is 2. The highest BCUT2D eigenvalue weighted by molar-refractivity contribution is 8.03. The van der Waals surface area contributed by atoms with Crippen LogP contribution < -0.4 is 11.1 Å². The molecular weight excluding hydrogens is 422 g/mol. The number of thioether (sulfide) groups is 1. The predicted octanol–water partition coefficient (Wildman–Crippen LogP) is 3.86. The van der Waals surface area contributed by atoms with Crippen molar-refractivity contribution >= 4 is 29.3 Å². The fraction of sp³-hybridized carbons (Fsp3) is 0.240. The average Bonchev–Trinajstić information content (AvgIpc) is 2.82. The third-order valence-electron chi connectivity index (χ3n) is 5.09. The highest BCUT2D eigenvalue weighted by atomic mass is 32.2. The first-order valence-corrected chi connectivity index (χ1v) is 11.4. The molecule has 1 atom stereocenters. The van der Waals surface area contributed by atoms with E-state index in [1.807, 2.05) is 54.6 Å². The molecule has 1 aliphatic rings. The third kappa shape index (κ3) is 5.04. The zero-order chi connectivity index (χ0) is 23.1. The lowest BCUT2D eigenvalue weighted by atomic mass is 9.81. The third-order valence-corrected chi connectivity index (χ3v) is 6.13. The van der Waals surface area contributed by atoms with Crippen LogP contribution in [-0.4, -0.2) is 24.2 Å². The lowest BCUT2D eigenvalue weighted by molar-refractivity contribution is -0.138. The van der Waals surface area contributed by atoms with Crippen LogP contribution in [0.3, 0.4) is 0 Å². The van der Waals surface area contributed by atoms with Crippen molar-refractivity contribution in [3.05, 3.63) is 87.5 Å². The van der Waals surface area contributed by atoms with Gasteiger partial charge in [0.1, 0.15) is 0 Å². The van der Waals surface area contributed by atoms with Crippen LogP contribution >= 0.6 is 11.8 Å². The summed E-state index contributed by atoms with van der Waals surface area (Å²) in [6.07, 6.45) is 0.878. The van der Waals surface area contributed by atoms with Gasteiger partial charge in [-0.25, -0.2) is 4.79 Å². The van der Waals surface area contributed by atoms with E-state index >= 15 is 0 Å². The minimum Gasteiger partial charge on any atom is -0.463 e. The van der Waals surface area contributed by atoms with E-state index in [2.05, 4.69) is 18.3 Å². The van der Waals surface area contributed by atoms with Crippen LogP contribution in [0, 0.1) is 11.3 Å². The van der Waals surface area contributed by atoms with E-state index in [4.69, 9.17) is 10.5 Å². The smallest absolute Gasteiger partial charge is 0.337 e. The molecule has 0 aromatic heterocycles. The Hall–Kier alpha value is -3.50. The molecule has 3 N–H and O–H groups in total. The van der Waals surface area contributed by atoms with Crippen molar-refractivity contribution in [1.29, 1.82) is 5.26 Å². The number of nitrogens with zero attached hydrogens (tertiary/aromatic N) is 1. The molecule has 0 unspecified atom stereocenters. The Morgan fingerprint density at radius 1 is 1.12 bits per heavy atom. The van der Waals surface area contributed by atoms with E-state index < -0.39 is 17.8 Å². The number of rotatable bonds is 8. The zero-order valence-electron chi connectivity index (χ0n) is 18.1. The fourth-order valence-corrected chi connectivity index (χ4v) is 4.36. The quantitative estimate of drug-likeness (QED) is 0.595. The van der Waals surface area contributed by atoms with Crippen molar-refractivity contribution in [3.8, 4) is 6.07 Å². The normalized spacial score (nSPS) is 15.7. The van der Waals surface area contributed by atoms with Crippen molar-refractivity contribution in [3.63, 3.8) is 0 Å². The van der Waals surface area contributed by atoms with Gasteiger partial charge in [-0.2, -0.15) is 5.26 Å². The minimum absolute atomic E-state index is 0.00577. The van der Waals surface area contributed by atoms with Crippen molar-refractivity contribution < 1.29 is 14.3 Å². The molecule has 2 aromatic carbocycles. The largest absolute Gasteiger partial charge is 0.463 e.